The predicted octanol–water partition coefficient (Wildman–Crippen LogP) is 3.61. The lowest BCUT2D eigenvalue weighted by molar-refractivity contribution is 0.273. The molecule has 2 N–H and O–H groups in total. The lowest BCUT2D eigenvalue weighted by Gasteiger charge is -2.06. The van der Waals surface area contributed by atoms with Gasteiger partial charge in [0.05, 0.1) is 14.2 Å². The summed E-state index contributed by atoms with van der Waals surface area (Å²) in [4.78, 5) is 0. The number of furan rings is 1. The molecule has 0 fully saturated rings. The first-order chi connectivity index (χ1) is 10.7. The van der Waals surface area contributed by atoms with Crippen LogP contribution in [-0.2, 0) is 6.61 Å². The molecule has 3 aromatic rings. The van der Waals surface area contributed by atoms with Crippen LogP contribution in [-0.4, -0.2) is 14.2 Å². The van der Waals surface area contributed by atoms with Crippen LogP contribution in [0.25, 0.3) is 11.0 Å². The van der Waals surface area contributed by atoms with Gasteiger partial charge >= 0.3 is 0 Å². The summed E-state index contributed by atoms with van der Waals surface area (Å²) >= 11 is 0. The topological polar surface area (TPSA) is 66.9 Å². The Morgan fingerprint density at radius 1 is 1.00 bits per heavy atom. The van der Waals surface area contributed by atoms with Gasteiger partial charge < -0.3 is 24.4 Å². The van der Waals surface area contributed by atoms with Gasteiger partial charge in [-0.05, 0) is 42.5 Å². The minimum atomic E-state index is 0.323. The molecule has 114 valence electrons. The molecule has 0 spiro atoms. The van der Waals surface area contributed by atoms with Crippen LogP contribution in [0, 0.1) is 0 Å². The zero-order valence-electron chi connectivity index (χ0n) is 12.5. The van der Waals surface area contributed by atoms with Crippen LogP contribution in [0.15, 0.2) is 46.9 Å². The van der Waals surface area contributed by atoms with Crippen molar-refractivity contribution in [3.63, 3.8) is 0 Å². The van der Waals surface area contributed by atoms with Crippen molar-refractivity contribution in [1.29, 1.82) is 0 Å². The predicted molar refractivity (Wildman–Crippen MR) is 84.5 cm³/mol. The number of rotatable bonds is 5. The molecular weight excluding hydrogens is 282 g/mol. The molecule has 0 bridgehead atoms. The Morgan fingerprint density at radius 2 is 1.77 bits per heavy atom. The number of benzene rings is 2. The summed E-state index contributed by atoms with van der Waals surface area (Å²) in [6.45, 7) is 0.323. The minimum absolute atomic E-state index is 0.323. The van der Waals surface area contributed by atoms with Gasteiger partial charge in [0.2, 0.25) is 5.75 Å². The SMILES string of the molecule is COc1ccc2cc(COc3ccc(N)cc3)oc2c1OC. The van der Waals surface area contributed by atoms with Gasteiger partial charge in [-0.15, -0.1) is 0 Å². The van der Waals surface area contributed by atoms with Crippen LogP contribution in [0.4, 0.5) is 5.69 Å². The van der Waals surface area contributed by atoms with Gasteiger partial charge in [-0.3, -0.25) is 0 Å². The van der Waals surface area contributed by atoms with Gasteiger partial charge in [-0.2, -0.15) is 0 Å². The molecule has 0 aliphatic rings. The number of nitrogen functional groups attached to an aromatic ring is 1. The maximum absolute atomic E-state index is 5.82. The Kier molecular flexibility index (Phi) is 3.78. The van der Waals surface area contributed by atoms with Crippen molar-refractivity contribution in [3.05, 3.63) is 48.2 Å². The summed E-state index contributed by atoms with van der Waals surface area (Å²) < 4.78 is 22.1. The molecule has 0 radical (unpaired) electrons. The van der Waals surface area contributed by atoms with E-state index in [0.29, 0.717) is 35.1 Å². The van der Waals surface area contributed by atoms with Gasteiger partial charge in [0.15, 0.2) is 11.3 Å². The van der Waals surface area contributed by atoms with Crippen molar-refractivity contribution < 1.29 is 18.6 Å². The molecule has 0 amide bonds. The summed E-state index contributed by atoms with van der Waals surface area (Å²) in [7, 11) is 3.18. The standard InChI is InChI=1S/C17H17NO4/c1-19-15-8-3-11-9-14(22-16(11)17(15)20-2)10-21-13-6-4-12(18)5-7-13/h3-9H,10,18H2,1-2H3. The van der Waals surface area contributed by atoms with E-state index in [0.717, 1.165) is 11.1 Å². The van der Waals surface area contributed by atoms with Crippen LogP contribution in [0.3, 0.4) is 0 Å². The Bertz CT molecular complexity index is 777. The maximum atomic E-state index is 5.82. The molecule has 0 atom stereocenters. The summed E-state index contributed by atoms with van der Waals surface area (Å²) in [5.41, 5.74) is 7.00. The number of fused-ring (bicyclic) bond motifs is 1. The number of anilines is 1. The lowest BCUT2D eigenvalue weighted by Crippen LogP contribution is -1.93. The van der Waals surface area contributed by atoms with Crippen molar-refractivity contribution in [2.45, 2.75) is 6.61 Å². The quantitative estimate of drug-likeness (QED) is 0.729. The van der Waals surface area contributed by atoms with Crippen LogP contribution >= 0.6 is 0 Å². The highest BCUT2D eigenvalue weighted by molar-refractivity contribution is 5.86. The monoisotopic (exact) mass is 299 g/mol. The Hall–Kier alpha value is -2.82. The molecule has 5 nitrogen and oxygen atoms in total. The van der Waals surface area contributed by atoms with E-state index < -0.39 is 0 Å². The Labute approximate surface area is 128 Å². The van der Waals surface area contributed by atoms with E-state index in [1.54, 1.807) is 26.4 Å². The van der Waals surface area contributed by atoms with Crippen molar-refractivity contribution in [3.8, 4) is 17.2 Å². The maximum Gasteiger partial charge on any atom is 0.204 e. The van der Waals surface area contributed by atoms with Crippen LogP contribution in [0.1, 0.15) is 5.76 Å². The average Bonchev–Trinajstić information content (AvgIpc) is 2.96. The fourth-order valence-corrected chi connectivity index (χ4v) is 2.26. The Morgan fingerprint density at radius 3 is 2.45 bits per heavy atom. The average molecular weight is 299 g/mol. The molecule has 0 unspecified atom stereocenters. The third-order valence-corrected chi connectivity index (χ3v) is 3.34. The molecule has 5 heteroatoms. The third kappa shape index (κ3) is 2.65. The number of ether oxygens (including phenoxy) is 3. The van der Waals surface area contributed by atoms with Crippen LogP contribution in [0.5, 0.6) is 17.2 Å². The van der Waals surface area contributed by atoms with Gasteiger partial charge in [-0.1, -0.05) is 0 Å². The van der Waals surface area contributed by atoms with Gasteiger partial charge in [0.1, 0.15) is 18.1 Å². The molecule has 3 rings (SSSR count). The van der Waals surface area contributed by atoms with Crippen molar-refractivity contribution >= 4 is 16.7 Å². The smallest absolute Gasteiger partial charge is 0.204 e. The van der Waals surface area contributed by atoms with E-state index in [1.165, 1.54) is 0 Å². The van der Waals surface area contributed by atoms with E-state index in [4.69, 9.17) is 24.4 Å². The van der Waals surface area contributed by atoms with Gasteiger partial charge in [0.25, 0.3) is 0 Å². The lowest BCUT2D eigenvalue weighted by atomic mass is 10.2. The molecular formula is C17H17NO4. The highest BCUT2D eigenvalue weighted by Crippen LogP contribution is 2.37. The van der Waals surface area contributed by atoms with E-state index in [9.17, 15) is 0 Å². The first-order valence-corrected chi connectivity index (χ1v) is 6.83. The second-order valence-corrected chi connectivity index (χ2v) is 4.79. The van der Waals surface area contributed by atoms with Crippen molar-refractivity contribution in [2.75, 3.05) is 20.0 Å². The van der Waals surface area contributed by atoms with Crippen LogP contribution in [0.2, 0.25) is 0 Å². The normalized spacial score (nSPS) is 10.6. The van der Waals surface area contributed by atoms with E-state index in [-0.39, 0.29) is 0 Å². The van der Waals surface area contributed by atoms with Crippen molar-refractivity contribution in [2.24, 2.45) is 0 Å². The highest BCUT2D eigenvalue weighted by Gasteiger charge is 2.14. The van der Waals surface area contributed by atoms with Crippen LogP contribution < -0.4 is 19.9 Å². The molecule has 1 heterocycles. The molecule has 2 aromatic carbocycles. The number of hydrogen-bond donors (Lipinski definition) is 1. The number of nitrogens with two attached hydrogens (primary N) is 1. The summed E-state index contributed by atoms with van der Waals surface area (Å²) in [5.74, 6) is 2.66. The Balaban J connectivity index is 1.84. The van der Waals surface area contributed by atoms with E-state index >= 15 is 0 Å². The third-order valence-electron chi connectivity index (χ3n) is 3.34. The summed E-state index contributed by atoms with van der Waals surface area (Å²) in [6, 6.07) is 12.9. The molecule has 0 aliphatic carbocycles. The van der Waals surface area contributed by atoms with Gasteiger partial charge in [0, 0.05) is 11.1 Å². The van der Waals surface area contributed by atoms with Crippen molar-refractivity contribution in [1.82, 2.24) is 0 Å². The highest BCUT2D eigenvalue weighted by atomic mass is 16.5. The molecule has 0 saturated carbocycles. The summed E-state index contributed by atoms with van der Waals surface area (Å²) in [6.07, 6.45) is 0. The second-order valence-electron chi connectivity index (χ2n) is 4.79. The largest absolute Gasteiger partial charge is 0.493 e. The zero-order valence-corrected chi connectivity index (χ0v) is 12.5. The molecule has 0 aliphatic heterocycles. The second kappa shape index (κ2) is 5.89. The van der Waals surface area contributed by atoms with Gasteiger partial charge in [-0.25, -0.2) is 0 Å². The molecule has 1 aromatic heterocycles. The minimum Gasteiger partial charge on any atom is -0.493 e. The fraction of sp³-hybridized carbons (Fsp3) is 0.176. The first kappa shape index (κ1) is 14.1. The summed E-state index contributed by atoms with van der Waals surface area (Å²) in [5, 5.41) is 0.938. The first-order valence-electron chi connectivity index (χ1n) is 6.83. The number of hydrogen-bond acceptors (Lipinski definition) is 5. The fourth-order valence-electron chi connectivity index (χ4n) is 2.26. The number of methoxy groups -OCH3 is 2. The van der Waals surface area contributed by atoms with E-state index in [1.807, 2.05) is 30.3 Å². The molecule has 22 heavy (non-hydrogen) atoms. The zero-order chi connectivity index (χ0) is 15.5. The molecule has 0 saturated heterocycles. The van der Waals surface area contributed by atoms with E-state index in [2.05, 4.69) is 0 Å².